The third-order valence-corrected chi connectivity index (χ3v) is 1.93. The summed E-state index contributed by atoms with van der Waals surface area (Å²) in [6.45, 7) is 2.66. The number of nitrogens with zero attached hydrogens (tertiary/aromatic N) is 1. The molecule has 1 rings (SSSR count). The van der Waals surface area contributed by atoms with E-state index in [1.807, 2.05) is 13.0 Å². The maximum atomic E-state index is 11.2. The van der Waals surface area contributed by atoms with Gasteiger partial charge in [0.05, 0.1) is 0 Å². The van der Waals surface area contributed by atoms with Gasteiger partial charge < -0.3 is 5.32 Å². The van der Waals surface area contributed by atoms with E-state index in [2.05, 4.69) is 31.5 Å². The number of aromatic nitrogens is 1. The summed E-state index contributed by atoms with van der Waals surface area (Å²) in [5, 5.41) is 5.32. The molecular weight excluding hydrogens is 246 g/mol. The Morgan fingerprint density at radius 3 is 3.00 bits per heavy atom. The lowest BCUT2D eigenvalue weighted by Crippen LogP contribution is -2.29. The monoisotopic (exact) mass is 257 g/mol. The van der Waals surface area contributed by atoms with Gasteiger partial charge in [-0.2, -0.15) is 0 Å². The molecule has 0 bridgehead atoms. The van der Waals surface area contributed by atoms with Crippen molar-refractivity contribution in [2.45, 2.75) is 13.3 Å². The number of halogens is 1. The fourth-order valence-electron chi connectivity index (χ4n) is 0.877. The molecule has 0 fully saturated rings. The topological polar surface area (TPSA) is 54.0 Å². The van der Waals surface area contributed by atoms with Crippen molar-refractivity contribution in [3.63, 3.8) is 0 Å². The van der Waals surface area contributed by atoms with Crippen molar-refractivity contribution >= 4 is 27.8 Å². The smallest absolute Gasteiger partial charge is 0.320 e. The van der Waals surface area contributed by atoms with E-state index in [-0.39, 0.29) is 6.03 Å². The molecule has 1 aromatic heterocycles. The molecule has 0 saturated carbocycles. The maximum Gasteiger partial charge on any atom is 0.320 e. The molecule has 2 amide bonds. The number of urea groups is 1. The van der Waals surface area contributed by atoms with E-state index in [1.165, 1.54) is 0 Å². The van der Waals surface area contributed by atoms with E-state index < -0.39 is 0 Å². The standard InChI is InChI=1S/C9H12BrN3O/c1-2-6-11-9(14)13-8-5-3-4-7(10)12-8/h3-5H,2,6H2,1H3,(H2,11,12,13,14). The second-order valence-electron chi connectivity index (χ2n) is 2.73. The number of hydrogen-bond donors (Lipinski definition) is 2. The van der Waals surface area contributed by atoms with Crippen LogP contribution in [0.4, 0.5) is 10.6 Å². The number of carbonyl (C=O) groups is 1. The number of carbonyl (C=O) groups excluding carboxylic acids is 1. The molecule has 4 nitrogen and oxygen atoms in total. The van der Waals surface area contributed by atoms with Crippen molar-refractivity contribution in [2.24, 2.45) is 0 Å². The largest absolute Gasteiger partial charge is 0.338 e. The van der Waals surface area contributed by atoms with Gasteiger partial charge in [0.15, 0.2) is 0 Å². The average Bonchev–Trinajstić information content (AvgIpc) is 2.15. The molecule has 0 unspecified atom stereocenters. The van der Waals surface area contributed by atoms with Crippen LogP contribution in [0.2, 0.25) is 0 Å². The van der Waals surface area contributed by atoms with Crippen molar-refractivity contribution < 1.29 is 4.79 Å². The molecule has 0 radical (unpaired) electrons. The third kappa shape index (κ3) is 3.74. The Bertz CT molecular complexity index is 317. The molecule has 0 aromatic carbocycles. The van der Waals surface area contributed by atoms with Crippen LogP contribution in [-0.4, -0.2) is 17.6 Å². The van der Waals surface area contributed by atoms with Gasteiger partial charge >= 0.3 is 6.03 Å². The van der Waals surface area contributed by atoms with Crippen molar-refractivity contribution in [1.82, 2.24) is 10.3 Å². The Kier molecular flexibility index (Phi) is 4.39. The highest BCUT2D eigenvalue weighted by molar-refractivity contribution is 9.10. The van der Waals surface area contributed by atoms with E-state index >= 15 is 0 Å². The fraction of sp³-hybridized carbons (Fsp3) is 0.333. The van der Waals surface area contributed by atoms with Crippen LogP contribution in [0.5, 0.6) is 0 Å². The number of nitrogens with one attached hydrogen (secondary N) is 2. The Balaban J connectivity index is 2.47. The highest BCUT2D eigenvalue weighted by Gasteiger charge is 2.00. The van der Waals surface area contributed by atoms with E-state index in [4.69, 9.17) is 0 Å². The first-order valence-corrected chi connectivity index (χ1v) is 5.19. The Morgan fingerprint density at radius 1 is 1.57 bits per heavy atom. The summed E-state index contributed by atoms with van der Waals surface area (Å²) in [5.41, 5.74) is 0. The quantitative estimate of drug-likeness (QED) is 0.818. The Morgan fingerprint density at radius 2 is 2.36 bits per heavy atom. The predicted molar refractivity (Wildman–Crippen MR) is 59.2 cm³/mol. The van der Waals surface area contributed by atoms with Crippen molar-refractivity contribution in [3.05, 3.63) is 22.8 Å². The molecule has 0 spiro atoms. The number of anilines is 1. The fourth-order valence-corrected chi connectivity index (χ4v) is 1.22. The maximum absolute atomic E-state index is 11.2. The van der Waals surface area contributed by atoms with Crippen molar-refractivity contribution in [1.29, 1.82) is 0 Å². The zero-order chi connectivity index (χ0) is 10.4. The highest BCUT2D eigenvalue weighted by Crippen LogP contribution is 2.09. The van der Waals surface area contributed by atoms with Crippen LogP contribution in [0.25, 0.3) is 0 Å². The zero-order valence-electron chi connectivity index (χ0n) is 7.88. The van der Waals surface area contributed by atoms with Gasteiger partial charge in [0.25, 0.3) is 0 Å². The van der Waals surface area contributed by atoms with E-state index in [9.17, 15) is 4.79 Å². The molecular formula is C9H12BrN3O. The second kappa shape index (κ2) is 5.59. The summed E-state index contributed by atoms with van der Waals surface area (Å²) in [6.07, 6.45) is 0.916. The van der Waals surface area contributed by atoms with Crippen LogP contribution in [0, 0.1) is 0 Å². The minimum absolute atomic E-state index is 0.225. The van der Waals surface area contributed by atoms with E-state index in [1.54, 1.807) is 12.1 Å². The zero-order valence-corrected chi connectivity index (χ0v) is 9.47. The minimum Gasteiger partial charge on any atom is -0.338 e. The Hall–Kier alpha value is -1.10. The summed E-state index contributed by atoms with van der Waals surface area (Å²) < 4.78 is 0.700. The number of amides is 2. The van der Waals surface area contributed by atoms with Gasteiger partial charge in [0.2, 0.25) is 0 Å². The summed E-state index contributed by atoms with van der Waals surface area (Å²) in [4.78, 5) is 15.3. The molecule has 0 atom stereocenters. The first kappa shape index (κ1) is 11.0. The van der Waals surface area contributed by atoms with Gasteiger partial charge in [-0.05, 0) is 34.5 Å². The third-order valence-electron chi connectivity index (χ3n) is 1.49. The molecule has 1 aromatic rings. The van der Waals surface area contributed by atoms with Crippen LogP contribution in [0.1, 0.15) is 13.3 Å². The summed E-state index contributed by atoms with van der Waals surface area (Å²) >= 11 is 3.22. The summed E-state index contributed by atoms with van der Waals surface area (Å²) in [7, 11) is 0. The molecule has 0 aliphatic carbocycles. The SMILES string of the molecule is CCCNC(=O)Nc1cccc(Br)n1. The molecule has 5 heteroatoms. The number of hydrogen-bond acceptors (Lipinski definition) is 2. The second-order valence-corrected chi connectivity index (χ2v) is 3.54. The van der Waals surface area contributed by atoms with Gasteiger partial charge in [0.1, 0.15) is 10.4 Å². The van der Waals surface area contributed by atoms with Gasteiger partial charge in [-0.15, -0.1) is 0 Å². The van der Waals surface area contributed by atoms with Gasteiger partial charge in [-0.25, -0.2) is 9.78 Å². The lowest BCUT2D eigenvalue weighted by molar-refractivity contribution is 0.252. The van der Waals surface area contributed by atoms with E-state index in [0.717, 1.165) is 6.42 Å². The molecule has 0 aliphatic heterocycles. The van der Waals surface area contributed by atoms with Gasteiger partial charge in [-0.3, -0.25) is 5.32 Å². The molecule has 14 heavy (non-hydrogen) atoms. The van der Waals surface area contributed by atoms with Crippen LogP contribution >= 0.6 is 15.9 Å². The Labute approximate surface area is 91.2 Å². The van der Waals surface area contributed by atoms with Crippen LogP contribution in [-0.2, 0) is 0 Å². The molecule has 2 N–H and O–H groups in total. The molecule has 1 heterocycles. The summed E-state index contributed by atoms with van der Waals surface area (Å²) in [5.74, 6) is 0.535. The molecule has 76 valence electrons. The lowest BCUT2D eigenvalue weighted by atomic mass is 10.4. The van der Waals surface area contributed by atoms with Crippen molar-refractivity contribution in [2.75, 3.05) is 11.9 Å². The van der Waals surface area contributed by atoms with E-state index in [0.29, 0.717) is 17.0 Å². The average molecular weight is 258 g/mol. The number of rotatable bonds is 3. The number of pyridine rings is 1. The van der Waals surface area contributed by atoms with Crippen LogP contribution in [0.15, 0.2) is 22.8 Å². The lowest BCUT2D eigenvalue weighted by Gasteiger charge is -2.05. The van der Waals surface area contributed by atoms with Crippen molar-refractivity contribution in [3.8, 4) is 0 Å². The normalized spacial score (nSPS) is 9.57. The molecule has 0 aliphatic rings. The first-order valence-electron chi connectivity index (χ1n) is 4.39. The highest BCUT2D eigenvalue weighted by atomic mass is 79.9. The van der Waals surface area contributed by atoms with Gasteiger partial charge in [0, 0.05) is 6.54 Å². The minimum atomic E-state index is -0.225. The van der Waals surface area contributed by atoms with Crippen LogP contribution in [0.3, 0.4) is 0 Å². The van der Waals surface area contributed by atoms with Gasteiger partial charge in [-0.1, -0.05) is 13.0 Å². The first-order chi connectivity index (χ1) is 6.72. The van der Waals surface area contributed by atoms with Crippen LogP contribution < -0.4 is 10.6 Å². The molecule has 0 saturated heterocycles. The predicted octanol–water partition coefficient (Wildman–Crippen LogP) is 2.38. The summed E-state index contributed by atoms with van der Waals surface area (Å²) in [6, 6.07) is 5.12.